The van der Waals surface area contributed by atoms with Gasteiger partial charge in [-0.15, -0.1) is 19.7 Å². The predicted octanol–water partition coefficient (Wildman–Crippen LogP) is 4.91. The molecule has 0 amide bonds. The Bertz CT molecular complexity index is 257. The lowest BCUT2D eigenvalue weighted by atomic mass is 9.69. The first-order chi connectivity index (χ1) is 7.02. The lowest BCUT2D eigenvalue weighted by molar-refractivity contribution is 0.294. The molecule has 0 radical (unpaired) electrons. The predicted molar refractivity (Wildman–Crippen MR) is 70.9 cm³/mol. The van der Waals surface area contributed by atoms with Crippen LogP contribution in [-0.2, 0) is 0 Å². The molecule has 0 aromatic heterocycles. The van der Waals surface area contributed by atoms with Crippen molar-refractivity contribution < 1.29 is 0 Å². The van der Waals surface area contributed by atoms with E-state index < -0.39 is 0 Å². The van der Waals surface area contributed by atoms with E-state index in [1.54, 1.807) is 0 Å². The van der Waals surface area contributed by atoms with Crippen molar-refractivity contribution in [3.05, 3.63) is 49.6 Å². The summed E-state index contributed by atoms with van der Waals surface area (Å²) in [4.78, 5) is 0. The monoisotopic (exact) mass is 204 g/mol. The van der Waals surface area contributed by atoms with Gasteiger partial charge in [-0.1, -0.05) is 36.8 Å². The standard InChI is InChI=1S/C15H24/c1-7-10-15(11-8-2,12-13(4)5)14(6)9-3/h7-9,11,14H,1,3-4,10,12H2,2,5-6H3. The van der Waals surface area contributed by atoms with Crippen LogP contribution in [0, 0.1) is 11.3 Å². The fourth-order valence-corrected chi connectivity index (χ4v) is 2.10. The molecule has 0 rings (SSSR count). The molecule has 0 spiro atoms. The molecule has 0 heterocycles. The minimum absolute atomic E-state index is 0.115. The number of hydrogen-bond donors (Lipinski definition) is 0. The zero-order chi connectivity index (χ0) is 11.9. The van der Waals surface area contributed by atoms with Gasteiger partial charge in [0.05, 0.1) is 0 Å². The van der Waals surface area contributed by atoms with Gasteiger partial charge in [-0.05, 0) is 32.6 Å². The molecule has 0 aliphatic carbocycles. The molecule has 0 N–H and O–H groups in total. The Morgan fingerprint density at radius 1 is 1.40 bits per heavy atom. The van der Waals surface area contributed by atoms with Crippen molar-refractivity contribution in [1.82, 2.24) is 0 Å². The van der Waals surface area contributed by atoms with Crippen LogP contribution in [0.15, 0.2) is 49.6 Å². The first-order valence-corrected chi connectivity index (χ1v) is 5.54. The molecule has 0 fully saturated rings. The Labute approximate surface area is 95.1 Å². The summed E-state index contributed by atoms with van der Waals surface area (Å²) in [7, 11) is 0. The minimum atomic E-state index is 0.115. The summed E-state index contributed by atoms with van der Waals surface area (Å²) < 4.78 is 0. The van der Waals surface area contributed by atoms with Gasteiger partial charge in [0.15, 0.2) is 0 Å². The van der Waals surface area contributed by atoms with Crippen LogP contribution in [0.2, 0.25) is 0 Å². The van der Waals surface area contributed by atoms with Gasteiger partial charge >= 0.3 is 0 Å². The molecule has 0 saturated carbocycles. The summed E-state index contributed by atoms with van der Waals surface area (Å²) in [6.45, 7) is 18.1. The maximum Gasteiger partial charge on any atom is 0.00128 e. The van der Waals surface area contributed by atoms with E-state index in [-0.39, 0.29) is 5.41 Å². The second kappa shape index (κ2) is 6.44. The Kier molecular flexibility index (Phi) is 6.00. The van der Waals surface area contributed by atoms with Crippen molar-refractivity contribution in [2.24, 2.45) is 11.3 Å². The fourth-order valence-electron chi connectivity index (χ4n) is 2.10. The first kappa shape index (κ1) is 14.0. The molecule has 0 aliphatic heterocycles. The van der Waals surface area contributed by atoms with E-state index in [1.807, 2.05) is 12.2 Å². The van der Waals surface area contributed by atoms with Crippen LogP contribution in [0.1, 0.15) is 33.6 Å². The second-order valence-electron chi connectivity index (χ2n) is 4.38. The van der Waals surface area contributed by atoms with Gasteiger partial charge in [0, 0.05) is 5.41 Å². The van der Waals surface area contributed by atoms with Crippen LogP contribution in [0.25, 0.3) is 0 Å². The van der Waals surface area contributed by atoms with E-state index in [2.05, 4.69) is 52.7 Å². The highest BCUT2D eigenvalue weighted by Crippen LogP contribution is 2.40. The van der Waals surface area contributed by atoms with E-state index in [0.29, 0.717) is 5.92 Å². The average Bonchev–Trinajstić information content (AvgIpc) is 2.16. The van der Waals surface area contributed by atoms with Gasteiger partial charge in [-0.3, -0.25) is 0 Å². The zero-order valence-corrected chi connectivity index (χ0v) is 10.4. The number of rotatable bonds is 7. The van der Waals surface area contributed by atoms with Gasteiger partial charge in [0.25, 0.3) is 0 Å². The maximum absolute atomic E-state index is 4.02. The third kappa shape index (κ3) is 3.91. The molecule has 0 aliphatic rings. The van der Waals surface area contributed by atoms with Gasteiger partial charge in [0.1, 0.15) is 0 Å². The Morgan fingerprint density at radius 3 is 2.33 bits per heavy atom. The second-order valence-corrected chi connectivity index (χ2v) is 4.38. The number of hydrogen-bond acceptors (Lipinski definition) is 0. The quantitative estimate of drug-likeness (QED) is 0.517. The van der Waals surface area contributed by atoms with Gasteiger partial charge in [0.2, 0.25) is 0 Å². The summed E-state index contributed by atoms with van der Waals surface area (Å²) in [5, 5.41) is 0. The van der Waals surface area contributed by atoms with E-state index in [9.17, 15) is 0 Å². The zero-order valence-electron chi connectivity index (χ0n) is 10.4. The highest BCUT2D eigenvalue weighted by atomic mass is 14.3. The maximum atomic E-state index is 4.02. The largest absolute Gasteiger partial charge is 0.103 e. The first-order valence-electron chi connectivity index (χ1n) is 5.54. The van der Waals surface area contributed by atoms with Crippen molar-refractivity contribution in [3.63, 3.8) is 0 Å². The lowest BCUT2D eigenvalue weighted by Crippen LogP contribution is -2.25. The third-order valence-corrected chi connectivity index (χ3v) is 2.91. The highest BCUT2D eigenvalue weighted by molar-refractivity contribution is 5.13. The molecular formula is C15H24. The van der Waals surface area contributed by atoms with Crippen molar-refractivity contribution in [2.45, 2.75) is 33.6 Å². The summed E-state index contributed by atoms with van der Waals surface area (Å²) in [6, 6.07) is 0. The normalized spacial score (nSPS) is 17.0. The van der Waals surface area contributed by atoms with Crippen LogP contribution in [-0.4, -0.2) is 0 Å². The van der Waals surface area contributed by atoms with Crippen LogP contribution in [0.5, 0.6) is 0 Å². The van der Waals surface area contributed by atoms with Gasteiger partial charge in [-0.2, -0.15) is 0 Å². The lowest BCUT2D eigenvalue weighted by Gasteiger charge is -2.35. The molecule has 2 atom stereocenters. The summed E-state index contributed by atoms with van der Waals surface area (Å²) in [5.74, 6) is 0.434. The van der Waals surface area contributed by atoms with E-state index in [4.69, 9.17) is 0 Å². The fraction of sp³-hybridized carbons (Fsp3) is 0.467. The van der Waals surface area contributed by atoms with Crippen LogP contribution >= 0.6 is 0 Å². The van der Waals surface area contributed by atoms with E-state index in [0.717, 1.165) is 12.8 Å². The van der Waals surface area contributed by atoms with Crippen molar-refractivity contribution in [2.75, 3.05) is 0 Å². The van der Waals surface area contributed by atoms with Crippen LogP contribution in [0.4, 0.5) is 0 Å². The highest BCUT2D eigenvalue weighted by Gasteiger charge is 2.30. The molecule has 0 aromatic rings. The molecule has 84 valence electrons. The molecule has 15 heavy (non-hydrogen) atoms. The third-order valence-electron chi connectivity index (χ3n) is 2.91. The van der Waals surface area contributed by atoms with Crippen LogP contribution < -0.4 is 0 Å². The smallest absolute Gasteiger partial charge is 0.00128 e. The molecule has 0 nitrogen and oxygen atoms in total. The Morgan fingerprint density at radius 2 is 2.00 bits per heavy atom. The Hall–Kier alpha value is -1.04. The minimum Gasteiger partial charge on any atom is -0.103 e. The van der Waals surface area contributed by atoms with Crippen molar-refractivity contribution in [3.8, 4) is 0 Å². The SMILES string of the molecule is C=CCC(C=CC)(CC(=C)C)C(C)C=C. The van der Waals surface area contributed by atoms with E-state index in [1.165, 1.54) is 5.57 Å². The molecule has 0 heteroatoms. The van der Waals surface area contributed by atoms with Crippen LogP contribution in [0.3, 0.4) is 0 Å². The molecule has 0 aromatic carbocycles. The molecule has 0 bridgehead atoms. The van der Waals surface area contributed by atoms with Gasteiger partial charge < -0.3 is 0 Å². The van der Waals surface area contributed by atoms with Gasteiger partial charge in [-0.25, -0.2) is 0 Å². The Balaban J connectivity index is 5.12. The average molecular weight is 204 g/mol. The molecule has 0 saturated heterocycles. The van der Waals surface area contributed by atoms with Crippen molar-refractivity contribution >= 4 is 0 Å². The molecule has 2 unspecified atom stereocenters. The number of allylic oxidation sites excluding steroid dienone is 5. The molecular weight excluding hydrogens is 180 g/mol. The van der Waals surface area contributed by atoms with Crippen molar-refractivity contribution in [1.29, 1.82) is 0 Å². The summed E-state index contributed by atoms with van der Waals surface area (Å²) in [6.07, 6.45) is 10.4. The van der Waals surface area contributed by atoms with E-state index >= 15 is 0 Å². The summed E-state index contributed by atoms with van der Waals surface area (Å²) in [5.41, 5.74) is 1.33. The summed E-state index contributed by atoms with van der Waals surface area (Å²) >= 11 is 0. The topological polar surface area (TPSA) is 0 Å².